The van der Waals surface area contributed by atoms with Crippen molar-refractivity contribution in [2.24, 2.45) is 0 Å². The van der Waals surface area contributed by atoms with Crippen molar-refractivity contribution >= 4 is 29.3 Å². The summed E-state index contributed by atoms with van der Waals surface area (Å²) in [6.07, 6.45) is 0.0594. The molecular weight excluding hydrogens is 367 g/mol. The Morgan fingerprint density at radius 3 is 2.36 bits per heavy atom. The molecule has 0 spiro atoms. The molecule has 148 valence electrons. The molecule has 3 heterocycles. The third-order valence-corrected chi connectivity index (χ3v) is 5.63. The summed E-state index contributed by atoms with van der Waals surface area (Å²) in [6.45, 7) is 5.27. The standard InChI is InChI=1S/C19H21FN4O4/c1-9-7-21-8-10(2)23(9)12-4-3-11-15(16(12)20)19(28)24(18(11)27)13-5-6-14(25)22-17(13)26/h3-4,9-10,13,21H,5-8H2,1-2H3,(H,22,25,26). The number of nitrogens with one attached hydrogen (secondary N) is 2. The Morgan fingerprint density at radius 2 is 1.71 bits per heavy atom. The largest absolute Gasteiger partial charge is 0.361 e. The second-order valence-electron chi connectivity index (χ2n) is 7.53. The van der Waals surface area contributed by atoms with Gasteiger partial charge in [0.1, 0.15) is 6.04 Å². The molecule has 1 aromatic rings. The van der Waals surface area contributed by atoms with Gasteiger partial charge in [-0.15, -0.1) is 0 Å². The van der Waals surface area contributed by atoms with Crippen LogP contribution >= 0.6 is 0 Å². The van der Waals surface area contributed by atoms with E-state index in [4.69, 9.17) is 0 Å². The minimum atomic E-state index is -1.11. The number of anilines is 1. The molecule has 0 aliphatic carbocycles. The molecular formula is C19H21FN4O4. The molecule has 2 saturated heterocycles. The lowest BCUT2D eigenvalue weighted by Crippen LogP contribution is -2.55. The molecule has 0 radical (unpaired) electrons. The number of carbonyl (C=O) groups excluding carboxylic acids is 4. The first-order valence-corrected chi connectivity index (χ1v) is 9.34. The summed E-state index contributed by atoms with van der Waals surface area (Å²) in [5.74, 6) is -3.44. The molecule has 9 heteroatoms. The zero-order valence-corrected chi connectivity index (χ0v) is 15.6. The normalized spacial score (nSPS) is 27.9. The second kappa shape index (κ2) is 6.66. The summed E-state index contributed by atoms with van der Waals surface area (Å²) in [6, 6.07) is 1.88. The molecule has 3 aliphatic rings. The van der Waals surface area contributed by atoms with E-state index in [1.165, 1.54) is 12.1 Å². The highest BCUT2D eigenvalue weighted by atomic mass is 19.1. The van der Waals surface area contributed by atoms with Crippen LogP contribution in [-0.2, 0) is 9.59 Å². The van der Waals surface area contributed by atoms with Crippen LogP contribution in [0.25, 0.3) is 0 Å². The van der Waals surface area contributed by atoms with Gasteiger partial charge < -0.3 is 10.2 Å². The predicted octanol–water partition coefficient (Wildman–Crippen LogP) is 0.413. The first kappa shape index (κ1) is 18.5. The minimum absolute atomic E-state index is 0.00902. The van der Waals surface area contributed by atoms with Crippen LogP contribution in [0.3, 0.4) is 0 Å². The van der Waals surface area contributed by atoms with E-state index >= 15 is 4.39 Å². The second-order valence-corrected chi connectivity index (χ2v) is 7.53. The molecule has 2 fully saturated rings. The highest BCUT2D eigenvalue weighted by Crippen LogP contribution is 2.35. The summed E-state index contributed by atoms with van der Waals surface area (Å²) < 4.78 is 15.4. The Balaban J connectivity index is 1.72. The maximum atomic E-state index is 15.4. The van der Waals surface area contributed by atoms with Crippen molar-refractivity contribution in [2.45, 2.75) is 44.8 Å². The maximum absolute atomic E-state index is 15.4. The smallest absolute Gasteiger partial charge is 0.265 e. The zero-order chi connectivity index (χ0) is 20.2. The van der Waals surface area contributed by atoms with Gasteiger partial charge in [0.2, 0.25) is 11.8 Å². The lowest BCUT2D eigenvalue weighted by Gasteiger charge is -2.41. The number of hydrogen-bond donors (Lipinski definition) is 2. The van der Waals surface area contributed by atoms with Crippen LogP contribution < -0.4 is 15.5 Å². The van der Waals surface area contributed by atoms with Gasteiger partial charge in [0.05, 0.1) is 16.8 Å². The fourth-order valence-electron chi connectivity index (χ4n) is 4.31. The van der Waals surface area contributed by atoms with Crippen LogP contribution in [0.15, 0.2) is 12.1 Å². The molecule has 1 aromatic carbocycles. The Hall–Kier alpha value is -2.81. The van der Waals surface area contributed by atoms with E-state index < -0.39 is 35.5 Å². The van der Waals surface area contributed by atoms with Crippen molar-refractivity contribution < 1.29 is 23.6 Å². The van der Waals surface area contributed by atoms with E-state index in [1.807, 2.05) is 18.7 Å². The number of nitrogens with zero attached hydrogens (tertiary/aromatic N) is 2. The molecule has 0 bridgehead atoms. The van der Waals surface area contributed by atoms with Crippen LogP contribution in [0.4, 0.5) is 10.1 Å². The molecule has 4 rings (SSSR count). The van der Waals surface area contributed by atoms with Gasteiger partial charge in [-0.1, -0.05) is 0 Å². The number of piperidine rings is 1. The monoisotopic (exact) mass is 388 g/mol. The van der Waals surface area contributed by atoms with E-state index in [2.05, 4.69) is 10.6 Å². The van der Waals surface area contributed by atoms with Crippen molar-refractivity contribution in [2.75, 3.05) is 18.0 Å². The highest BCUT2D eigenvalue weighted by Gasteiger charge is 2.47. The summed E-state index contributed by atoms with van der Waals surface area (Å²) >= 11 is 0. The fourth-order valence-corrected chi connectivity index (χ4v) is 4.31. The molecule has 3 atom stereocenters. The van der Waals surface area contributed by atoms with Crippen LogP contribution in [0.5, 0.6) is 0 Å². The van der Waals surface area contributed by atoms with E-state index in [9.17, 15) is 19.2 Å². The number of imide groups is 2. The number of benzene rings is 1. The third kappa shape index (κ3) is 2.69. The highest BCUT2D eigenvalue weighted by molar-refractivity contribution is 6.24. The Morgan fingerprint density at radius 1 is 1.04 bits per heavy atom. The van der Waals surface area contributed by atoms with Crippen LogP contribution in [0, 0.1) is 5.82 Å². The van der Waals surface area contributed by atoms with Gasteiger partial charge in [0.25, 0.3) is 11.8 Å². The summed E-state index contributed by atoms with van der Waals surface area (Å²) in [7, 11) is 0. The first-order valence-electron chi connectivity index (χ1n) is 9.34. The van der Waals surface area contributed by atoms with Crippen molar-refractivity contribution in [1.29, 1.82) is 0 Å². The van der Waals surface area contributed by atoms with Gasteiger partial charge in [-0.3, -0.25) is 29.4 Å². The predicted molar refractivity (Wildman–Crippen MR) is 97.3 cm³/mol. The molecule has 2 N–H and O–H groups in total. The summed E-state index contributed by atoms with van der Waals surface area (Å²) in [4.78, 5) is 51.8. The Labute approximate surface area is 161 Å². The maximum Gasteiger partial charge on any atom is 0.265 e. The molecule has 28 heavy (non-hydrogen) atoms. The van der Waals surface area contributed by atoms with Gasteiger partial charge >= 0.3 is 0 Å². The number of fused-ring (bicyclic) bond motifs is 1. The zero-order valence-electron chi connectivity index (χ0n) is 15.6. The summed E-state index contributed by atoms with van der Waals surface area (Å²) in [5.41, 5.74) is -0.0805. The SMILES string of the molecule is CC1CNCC(C)N1c1ccc2c(c1F)C(=O)N(C1CCC(=O)NC1=O)C2=O. The van der Waals surface area contributed by atoms with Gasteiger partial charge in [0, 0.05) is 31.6 Å². The van der Waals surface area contributed by atoms with Crippen molar-refractivity contribution in [3.63, 3.8) is 0 Å². The van der Waals surface area contributed by atoms with Crippen molar-refractivity contribution in [1.82, 2.24) is 15.5 Å². The third-order valence-electron chi connectivity index (χ3n) is 5.63. The minimum Gasteiger partial charge on any atom is -0.361 e. The molecule has 0 saturated carbocycles. The number of piperazine rings is 1. The number of amides is 4. The van der Waals surface area contributed by atoms with Crippen molar-refractivity contribution in [3.05, 3.63) is 29.1 Å². The number of hydrogen-bond acceptors (Lipinski definition) is 6. The van der Waals surface area contributed by atoms with E-state index in [1.54, 1.807) is 0 Å². The molecule has 4 amide bonds. The van der Waals surface area contributed by atoms with E-state index in [-0.39, 0.29) is 41.7 Å². The average Bonchev–Trinajstić information content (AvgIpc) is 2.88. The molecule has 0 aromatic heterocycles. The van der Waals surface area contributed by atoms with E-state index in [0.29, 0.717) is 13.1 Å². The molecule has 3 unspecified atom stereocenters. The first-order chi connectivity index (χ1) is 13.3. The van der Waals surface area contributed by atoms with Gasteiger partial charge in [0.15, 0.2) is 5.82 Å². The number of carbonyl (C=O) groups is 4. The fraction of sp³-hybridized carbons (Fsp3) is 0.474. The molecule has 8 nitrogen and oxygen atoms in total. The quantitative estimate of drug-likeness (QED) is 0.713. The summed E-state index contributed by atoms with van der Waals surface area (Å²) in [5, 5.41) is 5.40. The average molecular weight is 388 g/mol. The van der Waals surface area contributed by atoms with Gasteiger partial charge in [-0.25, -0.2) is 4.39 Å². The molecule has 3 aliphatic heterocycles. The van der Waals surface area contributed by atoms with Gasteiger partial charge in [-0.05, 0) is 32.4 Å². The Bertz CT molecular complexity index is 892. The lowest BCUT2D eigenvalue weighted by molar-refractivity contribution is -0.136. The van der Waals surface area contributed by atoms with Crippen molar-refractivity contribution in [3.8, 4) is 0 Å². The lowest BCUT2D eigenvalue weighted by atomic mass is 10.0. The Kier molecular flexibility index (Phi) is 4.41. The van der Waals surface area contributed by atoms with Crippen LogP contribution in [0.2, 0.25) is 0 Å². The number of rotatable bonds is 2. The van der Waals surface area contributed by atoms with Crippen LogP contribution in [0.1, 0.15) is 47.4 Å². The topological polar surface area (TPSA) is 98.8 Å². The van der Waals surface area contributed by atoms with Crippen LogP contribution in [-0.4, -0.2) is 59.7 Å². The number of halogens is 1. The van der Waals surface area contributed by atoms with Gasteiger partial charge in [-0.2, -0.15) is 0 Å². The van der Waals surface area contributed by atoms with E-state index in [0.717, 1.165) is 4.90 Å².